The Morgan fingerprint density at radius 1 is 1.45 bits per heavy atom. The summed E-state index contributed by atoms with van der Waals surface area (Å²) in [5, 5.41) is 6.30. The Morgan fingerprint density at radius 2 is 2.10 bits per heavy atom. The molecule has 2 aromatic heterocycles. The molecule has 0 aromatic carbocycles. The molecule has 1 amide bonds. The summed E-state index contributed by atoms with van der Waals surface area (Å²) < 4.78 is 0.943. The first-order valence-electron chi connectivity index (χ1n) is 5.92. The number of nitrogens with zero attached hydrogens (tertiary/aromatic N) is 1. The monoisotopic (exact) mass is 357 g/mol. The lowest BCUT2D eigenvalue weighted by Crippen LogP contribution is -2.10. The van der Waals surface area contributed by atoms with Gasteiger partial charge in [-0.2, -0.15) is 5.10 Å². The van der Waals surface area contributed by atoms with Crippen LogP contribution in [0.2, 0.25) is 0 Å². The number of H-pyrrole nitrogens is 1. The average molecular weight is 358 g/mol. The zero-order chi connectivity index (χ0) is 15.3. The maximum atomic E-state index is 11.1. The molecule has 0 saturated carbocycles. The highest BCUT2D eigenvalue weighted by Gasteiger charge is 2.10. The zero-order valence-corrected chi connectivity index (χ0v) is 13.8. The smallest absolute Gasteiger partial charge is 0.249 e. The minimum absolute atomic E-state index is 0.0421. The molecule has 0 unspecified atom stereocenters. The summed E-state index contributed by atoms with van der Waals surface area (Å²) in [6.45, 7) is 5.60. The van der Waals surface area contributed by atoms with Gasteiger partial charge in [0.25, 0.3) is 0 Å². The lowest BCUT2D eigenvalue weighted by Gasteiger charge is -1.98. The molecule has 2 aromatic rings. The van der Waals surface area contributed by atoms with Crippen LogP contribution in [0.5, 0.6) is 0 Å². The minimum Gasteiger partial charge on any atom is -0.366 e. The van der Waals surface area contributed by atoms with Gasteiger partial charge in [0.05, 0.1) is 9.35 Å². The van der Waals surface area contributed by atoms with Gasteiger partial charge in [0.1, 0.15) is 5.69 Å². The number of carbonyl (C=O) groups is 2. The Labute approximate surface area is 129 Å². The molecule has 2 heterocycles. The van der Waals surface area contributed by atoms with E-state index in [0.29, 0.717) is 11.3 Å². The second-order valence-corrected chi connectivity index (χ2v) is 7.01. The standard InChI is InChI=1S/C7H10N2O.C6H6BrNOS/c1-5(2)7(10)6-3-4-8-9-6;1-3-4(6(8)9)2-5(7)10-3/h3-5H,1-2H3,(H,8,9);2H,1H3,(H2,8,9). The number of aryl methyl sites for hydroxylation is 1. The van der Waals surface area contributed by atoms with Crippen molar-refractivity contribution in [3.63, 3.8) is 0 Å². The lowest BCUT2D eigenvalue weighted by atomic mass is 10.1. The number of amides is 1. The number of primary amides is 1. The van der Waals surface area contributed by atoms with E-state index in [4.69, 9.17) is 5.73 Å². The average Bonchev–Trinajstić information content (AvgIpc) is 2.98. The van der Waals surface area contributed by atoms with Crippen LogP contribution in [0, 0.1) is 12.8 Å². The second kappa shape index (κ2) is 7.35. The predicted molar refractivity (Wildman–Crippen MR) is 83.0 cm³/mol. The summed E-state index contributed by atoms with van der Waals surface area (Å²) in [4.78, 5) is 22.7. The van der Waals surface area contributed by atoms with E-state index in [-0.39, 0.29) is 17.6 Å². The van der Waals surface area contributed by atoms with E-state index >= 15 is 0 Å². The highest BCUT2D eigenvalue weighted by Crippen LogP contribution is 2.25. The summed E-state index contributed by atoms with van der Waals surface area (Å²) in [6, 6.07) is 3.42. The quantitative estimate of drug-likeness (QED) is 0.826. The first kappa shape index (κ1) is 16.6. The molecular weight excluding hydrogens is 342 g/mol. The van der Waals surface area contributed by atoms with E-state index in [0.717, 1.165) is 8.66 Å². The number of aromatic nitrogens is 2. The second-order valence-electron chi connectivity index (χ2n) is 4.37. The maximum absolute atomic E-state index is 11.1. The summed E-state index contributed by atoms with van der Waals surface area (Å²) in [7, 11) is 0. The van der Waals surface area contributed by atoms with Crippen LogP contribution in [-0.2, 0) is 0 Å². The van der Waals surface area contributed by atoms with Gasteiger partial charge in [-0.05, 0) is 35.0 Å². The lowest BCUT2D eigenvalue weighted by molar-refractivity contribution is 0.0933. The zero-order valence-electron chi connectivity index (χ0n) is 11.4. The number of thiophene rings is 1. The Kier molecular flexibility index (Phi) is 6.09. The summed E-state index contributed by atoms with van der Waals surface area (Å²) in [5.74, 6) is -0.211. The fourth-order valence-electron chi connectivity index (χ4n) is 1.39. The molecule has 0 fully saturated rings. The molecule has 108 valence electrons. The molecule has 0 aliphatic carbocycles. The first-order valence-corrected chi connectivity index (χ1v) is 7.53. The van der Waals surface area contributed by atoms with Gasteiger partial charge in [0.2, 0.25) is 5.91 Å². The highest BCUT2D eigenvalue weighted by atomic mass is 79.9. The van der Waals surface area contributed by atoms with Crippen LogP contribution in [0.15, 0.2) is 22.1 Å². The minimum atomic E-state index is -0.362. The van der Waals surface area contributed by atoms with Gasteiger partial charge in [-0.1, -0.05) is 13.8 Å². The van der Waals surface area contributed by atoms with E-state index in [1.807, 2.05) is 20.8 Å². The molecule has 7 heteroatoms. The van der Waals surface area contributed by atoms with Crippen molar-refractivity contribution in [1.82, 2.24) is 10.2 Å². The third kappa shape index (κ3) is 4.57. The molecule has 0 atom stereocenters. The molecular formula is C13H16BrN3O2S. The predicted octanol–water partition coefficient (Wildman–Crippen LogP) is 3.17. The summed E-state index contributed by atoms with van der Waals surface area (Å²) in [5.41, 5.74) is 6.28. The van der Waals surface area contributed by atoms with Crippen molar-refractivity contribution >= 4 is 39.0 Å². The fraction of sp³-hybridized carbons (Fsp3) is 0.308. The number of hydrogen-bond donors (Lipinski definition) is 2. The summed E-state index contributed by atoms with van der Waals surface area (Å²) in [6.07, 6.45) is 1.58. The van der Waals surface area contributed by atoms with E-state index in [9.17, 15) is 9.59 Å². The molecule has 2 rings (SSSR count). The first-order chi connectivity index (χ1) is 9.32. The van der Waals surface area contributed by atoms with Crippen LogP contribution >= 0.6 is 27.3 Å². The van der Waals surface area contributed by atoms with E-state index in [1.165, 1.54) is 11.3 Å². The largest absolute Gasteiger partial charge is 0.366 e. The molecule has 3 N–H and O–H groups in total. The van der Waals surface area contributed by atoms with Crippen molar-refractivity contribution in [3.8, 4) is 0 Å². The van der Waals surface area contributed by atoms with Crippen LogP contribution in [0.3, 0.4) is 0 Å². The van der Waals surface area contributed by atoms with Crippen molar-refractivity contribution in [2.75, 3.05) is 0 Å². The summed E-state index contributed by atoms with van der Waals surface area (Å²) >= 11 is 4.78. The van der Waals surface area contributed by atoms with Crippen LogP contribution in [0.25, 0.3) is 0 Å². The Hall–Kier alpha value is -1.47. The van der Waals surface area contributed by atoms with E-state index in [1.54, 1.807) is 18.3 Å². The maximum Gasteiger partial charge on any atom is 0.249 e. The van der Waals surface area contributed by atoms with Crippen LogP contribution < -0.4 is 5.73 Å². The van der Waals surface area contributed by atoms with Crippen molar-refractivity contribution in [1.29, 1.82) is 0 Å². The molecule has 0 spiro atoms. The number of aromatic amines is 1. The van der Waals surface area contributed by atoms with Crippen molar-refractivity contribution in [2.45, 2.75) is 20.8 Å². The molecule has 0 bridgehead atoms. The molecule has 0 aliphatic heterocycles. The molecule has 0 aliphatic rings. The normalized spacial score (nSPS) is 10.1. The molecule has 5 nitrogen and oxygen atoms in total. The molecule has 0 saturated heterocycles. The van der Waals surface area contributed by atoms with Gasteiger partial charge in [-0.3, -0.25) is 14.7 Å². The van der Waals surface area contributed by atoms with Gasteiger partial charge in [0.15, 0.2) is 5.78 Å². The van der Waals surface area contributed by atoms with Gasteiger partial charge in [-0.15, -0.1) is 11.3 Å². The third-order valence-electron chi connectivity index (χ3n) is 2.44. The number of nitrogens with two attached hydrogens (primary N) is 1. The van der Waals surface area contributed by atoms with Crippen molar-refractivity contribution < 1.29 is 9.59 Å². The van der Waals surface area contributed by atoms with Gasteiger partial charge in [0, 0.05) is 17.0 Å². The van der Waals surface area contributed by atoms with E-state index in [2.05, 4.69) is 26.1 Å². The van der Waals surface area contributed by atoms with Gasteiger partial charge in [-0.25, -0.2) is 0 Å². The number of hydrogen-bond acceptors (Lipinski definition) is 4. The molecule has 0 radical (unpaired) electrons. The number of rotatable bonds is 3. The number of carbonyl (C=O) groups excluding carboxylic acids is 2. The molecule has 20 heavy (non-hydrogen) atoms. The van der Waals surface area contributed by atoms with E-state index < -0.39 is 0 Å². The Balaban J connectivity index is 0.000000200. The fourth-order valence-corrected chi connectivity index (χ4v) is 3.09. The SMILES string of the molecule is CC(C)C(=O)c1ccn[nH]1.Cc1sc(Br)cc1C(N)=O. The van der Waals surface area contributed by atoms with Crippen LogP contribution in [0.4, 0.5) is 0 Å². The number of halogens is 1. The van der Waals surface area contributed by atoms with Gasteiger partial charge >= 0.3 is 0 Å². The third-order valence-corrected chi connectivity index (χ3v) is 4.00. The number of Topliss-reactive ketones (excluding diaryl/α,β-unsaturated/α-hetero) is 1. The van der Waals surface area contributed by atoms with Crippen LogP contribution in [-0.4, -0.2) is 21.9 Å². The van der Waals surface area contributed by atoms with Crippen molar-refractivity contribution in [3.05, 3.63) is 38.3 Å². The van der Waals surface area contributed by atoms with Crippen molar-refractivity contribution in [2.24, 2.45) is 11.7 Å². The number of ketones is 1. The Morgan fingerprint density at radius 3 is 2.40 bits per heavy atom. The van der Waals surface area contributed by atoms with Crippen LogP contribution in [0.1, 0.15) is 39.6 Å². The topological polar surface area (TPSA) is 88.8 Å². The number of nitrogens with one attached hydrogen (secondary N) is 1. The van der Waals surface area contributed by atoms with Gasteiger partial charge < -0.3 is 5.73 Å². The highest BCUT2D eigenvalue weighted by molar-refractivity contribution is 9.11. The Bertz CT molecular complexity index is 591.